The average molecular weight is 269 g/mol. The largest absolute Gasteiger partial charge is 0.368 e. The lowest BCUT2D eigenvalue weighted by Gasteiger charge is -2.03. The standard InChI is InChI=1S/C8H11N7O2S/c1-15-5-12-7(14-15)4-13-18(16,17)6-2-10-8(9)11-3-6/h2-3,5,13H,4H2,1H3,(H2,9,10,11). The predicted octanol–water partition coefficient (Wildman–Crippen LogP) is -1.33. The third-order valence-electron chi connectivity index (χ3n) is 2.03. The van der Waals surface area contributed by atoms with E-state index in [1.165, 1.54) is 11.0 Å². The van der Waals surface area contributed by atoms with Crippen LogP contribution in [0.2, 0.25) is 0 Å². The molecule has 2 heterocycles. The van der Waals surface area contributed by atoms with Gasteiger partial charge in [0.15, 0.2) is 5.82 Å². The maximum absolute atomic E-state index is 11.8. The SMILES string of the molecule is Cn1cnc(CNS(=O)(=O)c2cnc(N)nc2)n1. The number of nitrogens with two attached hydrogens (primary N) is 1. The zero-order chi connectivity index (χ0) is 13.2. The Morgan fingerprint density at radius 3 is 2.56 bits per heavy atom. The fourth-order valence-electron chi connectivity index (χ4n) is 1.17. The highest BCUT2D eigenvalue weighted by molar-refractivity contribution is 7.89. The number of nitrogens with one attached hydrogen (secondary N) is 1. The van der Waals surface area contributed by atoms with Gasteiger partial charge in [-0.05, 0) is 0 Å². The third-order valence-corrected chi connectivity index (χ3v) is 3.38. The monoisotopic (exact) mass is 269 g/mol. The van der Waals surface area contributed by atoms with Crippen molar-refractivity contribution in [3.8, 4) is 0 Å². The summed E-state index contributed by atoms with van der Waals surface area (Å²) in [6, 6.07) is 0. The molecule has 0 fully saturated rings. The van der Waals surface area contributed by atoms with E-state index in [0.29, 0.717) is 5.82 Å². The number of nitrogen functional groups attached to an aromatic ring is 1. The predicted molar refractivity (Wildman–Crippen MR) is 61.5 cm³/mol. The Kier molecular flexibility index (Phi) is 3.21. The normalized spacial score (nSPS) is 11.6. The quantitative estimate of drug-likeness (QED) is 0.703. The molecule has 0 atom stereocenters. The van der Waals surface area contributed by atoms with Crippen LogP contribution in [0.1, 0.15) is 5.82 Å². The van der Waals surface area contributed by atoms with Crippen LogP contribution in [0.5, 0.6) is 0 Å². The molecule has 0 unspecified atom stereocenters. The summed E-state index contributed by atoms with van der Waals surface area (Å²) in [6.07, 6.45) is 3.75. The van der Waals surface area contributed by atoms with Crippen LogP contribution in [0, 0.1) is 0 Å². The first-order valence-corrected chi connectivity index (χ1v) is 6.37. The molecule has 0 aliphatic rings. The van der Waals surface area contributed by atoms with Gasteiger partial charge in [0.1, 0.15) is 11.2 Å². The van der Waals surface area contributed by atoms with Gasteiger partial charge in [-0.1, -0.05) is 0 Å². The van der Waals surface area contributed by atoms with Gasteiger partial charge in [0.2, 0.25) is 16.0 Å². The van der Waals surface area contributed by atoms with Crippen molar-refractivity contribution in [2.24, 2.45) is 7.05 Å². The van der Waals surface area contributed by atoms with Gasteiger partial charge in [-0.2, -0.15) is 5.10 Å². The van der Waals surface area contributed by atoms with Crippen molar-refractivity contribution >= 4 is 16.0 Å². The Bertz CT molecular complexity index is 634. The Morgan fingerprint density at radius 1 is 1.33 bits per heavy atom. The number of aromatic nitrogens is 5. The second kappa shape index (κ2) is 4.66. The van der Waals surface area contributed by atoms with E-state index in [2.05, 4.69) is 24.8 Å². The lowest BCUT2D eigenvalue weighted by molar-refractivity contribution is 0.577. The molecule has 0 spiro atoms. The second-order valence-electron chi connectivity index (χ2n) is 3.44. The van der Waals surface area contributed by atoms with E-state index in [1.807, 2.05) is 0 Å². The fraction of sp³-hybridized carbons (Fsp3) is 0.250. The summed E-state index contributed by atoms with van der Waals surface area (Å²) in [5.74, 6) is 0.387. The van der Waals surface area contributed by atoms with Crippen LogP contribution in [0.3, 0.4) is 0 Å². The summed E-state index contributed by atoms with van der Waals surface area (Å²) in [5, 5.41) is 3.95. The average Bonchev–Trinajstić information content (AvgIpc) is 2.73. The van der Waals surface area contributed by atoms with Gasteiger partial charge in [-0.15, -0.1) is 0 Å². The molecule has 18 heavy (non-hydrogen) atoms. The maximum atomic E-state index is 11.8. The van der Waals surface area contributed by atoms with E-state index in [1.54, 1.807) is 7.05 Å². The smallest absolute Gasteiger partial charge is 0.244 e. The Morgan fingerprint density at radius 2 is 2.00 bits per heavy atom. The van der Waals surface area contributed by atoms with E-state index in [-0.39, 0.29) is 17.4 Å². The van der Waals surface area contributed by atoms with Crippen LogP contribution in [0.15, 0.2) is 23.6 Å². The highest BCUT2D eigenvalue weighted by Gasteiger charge is 2.15. The van der Waals surface area contributed by atoms with Crippen LogP contribution in [-0.2, 0) is 23.6 Å². The number of sulfonamides is 1. The first-order chi connectivity index (χ1) is 8.47. The maximum Gasteiger partial charge on any atom is 0.244 e. The number of aryl methyl sites for hydroxylation is 1. The van der Waals surface area contributed by atoms with E-state index in [4.69, 9.17) is 5.73 Å². The summed E-state index contributed by atoms with van der Waals surface area (Å²) in [7, 11) is -1.99. The van der Waals surface area contributed by atoms with Crippen molar-refractivity contribution in [2.45, 2.75) is 11.4 Å². The number of rotatable bonds is 4. The zero-order valence-electron chi connectivity index (χ0n) is 9.48. The van der Waals surface area contributed by atoms with Crippen molar-refractivity contribution in [1.29, 1.82) is 0 Å². The summed E-state index contributed by atoms with van der Waals surface area (Å²) < 4.78 is 27.5. The number of nitrogens with zero attached hydrogens (tertiary/aromatic N) is 5. The van der Waals surface area contributed by atoms with E-state index < -0.39 is 10.0 Å². The molecule has 2 rings (SSSR count). The molecule has 0 amide bonds. The van der Waals surface area contributed by atoms with Crippen LogP contribution in [-0.4, -0.2) is 33.2 Å². The highest BCUT2D eigenvalue weighted by Crippen LogP contribution is 2.06. The van der Waals surface area contributed by atoms with Crippen molar-refractivity contribution in [1.82, 2.24) is 29.5 Å². The first kappa shape index (κ1) is 12.4. The molecule has 3 N–H and O–H groups in total. The van der Waals surface area contributed by atoms with Crippen molar-refractivity contribution in [2.75, 3.05) is 5.73 Å². The third kappa shape index (κ3) is 2.78. The summed E-state index contributed by atoms with van der Waals surface area (Å²) in [5.41, 5.74) is 5.28. The van der Waals surface area contributed by atoms with Gasteiger partial charge in [0.25, 0.3) is 0 Å². The zero-order valence-corrected chi connectivity index (χ0v) is 10.3. The minimum atomic E-state index is -3.69. The topological polar surface area (TPSA) is 129 Å². The number of anilines is 1. The van der Waals surface area contributed by atoms with Crippen LogP contribution in [0.4, 0.5) is 5.95 Å². The van der Waals surface area contributed by atoms with Gasteiger partial charge in [-0.3, -0.25) is 4.68 Å². The second-order valence-corrected chi connectivity index (χ2v) is 5.20. The Hall–Kier alpha value is -2.07. The fourth-order valence-corrected chi connectivity index (χ4v) is 2.04. The minimum absolute atomic E-state index is 0.00640. The van der Waals surface area contributed by atoms with Crippen LogP contribution in [0.25, 0.3) is 0 Å². The molecule has 2 aromatic rings. The van der Waals surface area contributed by atoms with E-state index in [9.17, 15) is 8.42 Å². The molecule has 10 heteroatoms. The molecular formula is C8H11N7O2S. The molecule has 0 aliphatic carbocycles. The summed E-state index contributed by atoms with van der Waals surface area (Å²) in [6.45, 7) is -0.00640. The molecule has 9 nitrogen and oxygen atoms in total. The lowest BCUT2D eigenvalue weighted by atomic mass is 10.6. The summed E-state index contributed by atoms with van der Waals surface area (Å²) >= 11 is 0. The van der Waals surface area contributed by atoms with Crippen molar-refractivity contribution < 1.29 is 8.42 Å². The molecule has 96 valence electrons. The van der Waals surface area contributed by atoms with E-state index >= 15 is 0 Å². The van der Waals surface area contributed by atoms with Crippen molar-refractivity contribution in [3.05, 3.63) is 24.5 Å². The molecule has 0 radical (unpaired) electrons. The minimum Gasteiger partial charge on any atom is -0.368 e. The number of hydrogen-bond donors (Lipinski definition) is 2. The number of hydrogen-bond acceptors (Lipinski definition) is 7. The summed E-state index contributed by atoms with van der Waals surface area (Å²) in [4.78, 5) is 11.1. The molecule has 0 bridgehead atoms. The molecule has 2 aromatic heterocycles. The highest BCUT2D eigenvalue weighted by atomic mass is 32.2. The van der Waals surface area contributed by atoms with Crippen LogP contribution >= 0.6 is 0 Å². The lowest BCUT2D eigenvalue weighted by Crippen LogP contribution is -2.24. The molecule has 0 saturated heterocycles. The van der Waals surface area contributed by atoms with Crippen molar-refractivity contribution in [3.63, 3.8) is 0 Å². The molecule has 0 aliphatic heterocycles. The van der Waals surface area contributed by atoms with Gasteiger partial charge in [0, 0.05) is 7.05 Å². The Balaban J connectivity index is 2.10. The molecular weight excluding hydrogens is 258 g/mol. The van der Waals surface area contributed by atoms with Gasteiger partial charge in [0.05, 0.1) is 18.9 Å². The molecule has 0 saturated carbocycles. The van der Waals surface area contributed by atoms with Gasteiger partial charge in [-0.25, -0.2) is 28.1 Å². The first-order valence-electron chi connectivity index (χ1n) is 4.89. The van der Waals surface area contributed by atoms with Gasteiger partial charge < -0.3 is 5.73 Å². The van der Waals surface area contributed by atoms with Crippen LogP contribution < -0.4 is 10.5 Å². The Labute approximate surface area is 103 Å². The van der Waals surface area contributed by atoms with E-state index in [0.717, 1.165) is 12.4 Å². The van der Waals surface area contributed by atoms with Gasteiger partial charge >= 0.3 is 0 Å². The molecule has 0 aromatic carbocycles.